The zero-order valence-electron chi connectivity index (χ0n) is 12.3. The highest BCUT2D eigenvalue weighted by Gasteiger charge is 2.21. The summed E-state index contributed by atoms with van der Waals surface area (Å²) >= 11 is 0. The topological polar surface area (TPSA) is 68.3 Å². The second-order valence-electron chi connectivity index (χ2n) is 5.69. The van der Waals surface area contributed by atoms with Crippen molar-refractivity contribution in [2.75, 3.05) is 0 Å². The maximum Gasteiger partial charge on any atom is 0.408 e. The molecule has 5 heteroatoms. The number of ether oxygens (including phenoxy) is 1. The maximum absolute atomic E-state index is 11.7. The van der Waals surface area contributed by atoms with Crippen molar-refractivity contribution in [3.05, 3.63) is 42.1 Å². The number of aromatic nitrogens is 1. The van der Waals surface area contributed by atoms with Gasteiger partial charge in [0, 0.05) is 5.39 Å². The van der Waals surface area contributed by atoms with Gasteiger partial charge in [-0.3, -0.25) is 4.98 Å². The van der Waals surface area contributed by atoms with E-state index < -0.39 is 17.7 Å². The smallest absolute Gasteiger partial charge is 0.408 e. The Bertz CT molecular complexity index is 662. The van der Waals surface area contributed by atoms with E-state index in [-0.39, 0.29) is 0 Å². The minimum Gasteiger partial charge on any atom is -0.444 e. The van der Waals surface area contributed by atoms with Gasteiger partial charge >= 0.3 is 6.09 Å². The van der Waals surface area contributed by atoms with Crippen LogP contribution in [0.1, 0.15) is 32.5 Å². The molecule has 110 valence electrons. The van der Waals surface area contributed by atoms with Crippen molar-refractivity contribution in [2.24, 2.45) is 0 Å². The van der Waals surface area contributed by atoms with Gasteiger partial charge < -0.3 is 14.8 Å². The van der Waals surface area contributed by atoms with Crippen molar-refractivity contribution < 1.29 is 14.3 Å². The minimum atomic E-state index is -0.829. The summed E-state index contributed by atoms with van der Waals surface area (Å²) in [7, 11) is 0. The Morgan fingerprint density at radius 3 is 2.62 bits per heavy atom. The molecule has 1 amide bonds. The number of benzene rings is 1. The Morgan fingerprint density at radius 2 is 1.95 bits per heavy atom. The Morgan fingerprint density at radius 1 is 1.24 bits per heavy atom. The summed E-state index contributed by atoms with van der Waals surface area (Å²) in [5.41, 5.74) is 0.635. The van der Waals surface area contributed by atoms with Crippen molar-refractivity contribution in [1.82, 2.24) is 10.3 Å². The lowest BCUT2D eigenvalue weighted by Gasteiger charge is -2.21. The van der Waals surface area contributed by atoms with Crippen LogP contribution >= 0.6 is 0 Å². The second kappa shape index (κ2) is 5.91. The van der Waals surface area contributed by atoms with Crippen molar-refractivity contribution in [2.45, 2.75) is 32.4 Å². The molecular weight excluding hydrogens is 268 g/mol. The van der Waals surface area contributed by atoms with Crippen molar-refractivity contribution in [3.63, 3.8) is 0 Å². The van der Waals surface area contributed by atoms with E-state index in [0.717, 1.165) is 10.9 Å². The number of pyridine rings is 1. The van der Waals surface area contributed by atoms with E-state index in [1.165, 1.54) is 0 Å². The number of alkyl carbamates (subject to hydrolysis) is 1. The summed E-state index contributed by atoms with van der Waals surface area (Å²) in [5.74, 6) is 0. The molecule has 2 rings (SSSR count). The lowest BCUT2D eigenvalue weighted by Crippen LogP contribution is -2.35. The summed E-state index contributed by atoms with van der Waals surface area (Å²) < 4.78 is 5.14. The zero-order valence-corrected chi connectivity index (χ0v) is 12.3. The van der Waals surface area contributed by atoms with Gasteiger partial charge in [-0.2, -0.15) is 0 Å². The molecule has 0 aliphatic carbocycles. The molecule has 1 heterocycles. The van der Waals surface area contributed by atoms with Gasteiger partial charge in [-0.15, -0.1) is 0 Å². The maximum atomic E-state index is 11.7. The molecule has 5 nitrogen and oxygen atoms in total. The number of hydrogen-bond acceptors (Lipinski definition) is 4. The Balaban J connectivity index is 2.19. The van der Waals surface area contributed by atoms with Gasteiger partial charge in [0.2, 0.25) is 0 Å². The second-order valence-corrected chi connectivity index (χ2v) is 5.69. The number of rotatable bonds is 3. The van der Waals surface area contributed by atoms with Crippen LogP contribution in [0.2, 0.25) is 0 Å². The van der Waals surface area contributed by atoms with Gasteiger partial charge in [0.25, 0.3) is 0 Å². The van der Waals surface area contributed by atoms with Crippen LogP contribution in [0.3, 0.4) is 0 Å². The third-order valence-corrected chi connectivity index (χ3v) is 2.75. The van der Waals surface area contributed by atoms with E-state index >= 15 is 0 Å². The highest BCUT2D eigenvalue weighted by molar-refractivity contribution is 5.80. The fourth-order valence-corrected chi connectivity index (χ4v) is 1.87. The summed E-state index contributed by atoms with van der Waals surface area (Å²) in [5, 5.41) is 3.49. The number of carbonyl (C=O) groups is 2. The quantitative estimate of drug-likeness (QED) is 0.881. The first-order valence-corrected chi connectivity index (χ1v) is 6.69. The van der Waals surface area contributed by atoms with Crippen LogP contribution in [0.4, 0.5) is 4.79 Å². The van der Waals surface area contributed by atoms with Crippen LogP contribution in [0.15, 0.2) is 36.4 Å². The highest BCUT2D eigenvalue weighted by atomic mass is 16.6. The molecule has 0 spiro atoms. The molecule has 0 bridgehead atoms. The first-order chi connectivity index (χ1) is 9.89. The SMILES string of the molecule is CC(C)(C)OC(=O)NC(C=O)c1ccc2ccccc2n1. The monoisotopic (exact) mass is 286 g/mol. The van der Waals surface area contributed by atoms with Crippen LogP contribution in [0.5, 0.6) is 0 Å². The molecule has 0 saturated carbocycles. The van der Waals surface area contributed by atoms with Crippen LogP contribution in [-0.4, -0.2) is 23.0 Å². The molecule has 1 atom stereocenters. The first kappa shape index (κ1) is 15.0. The molecule has 1 aromatic heterocycles. The fourth-order valence-electron chi connectivity index (χ4n) is 1.87. The molecule has 0 saturated heterocycles. The van der Waals surface area contributed by atoms with Crippen molar-refractivity contribution in [1.29, 1.82) is 0 Å². The third kappa shape index (κ3) is 4.02. The summed E-state index contributed by atoms with van der Waals surface area (Å²) in [6, 6.07) is 10.3. The fraction of sp³-hybridized carbons (Fsp3) is 0.312. The number of para-hydroxylation sites is 1. The van der Waals surface area contributed by atoms with Crippen LogP contribution in [0, 0.1) is 0 Å². The number of carbonyl (C=O) groups excluding carboxylic acids is 2. The molecule has 1 unspecified atom stereocenters. The van der Waals surface area contributed by atoms with Crippen molar-refractivity contribution >= 4 is 23.3 Å². The summed E-state index contributed by atoms with van der Waals surface area (Å²) in [4.78, 5) is 27.4. The van der Waals surface area contributed by atoms with Gasteiger partial charge in [-0.1, -0.05) is 24.3 Å². The van der Waals surface area contributed by atoms with E-state index in [0.29, 0.717) is 12.0 Å². The van der Waals surface area contributed by atoms with Crippen molar-refractivity contribution in [3.8, 4) is 0 Å². The normalized spacial score (nSPS) is 12.7. The number of nitrogens with one attached hydrogen (secondary N) is 1. The Kier molecular flexibility index (Phi) is 4.21. The van der Waals surface area contributed by atoms with Crippen LogP contribution in [-0.2, 0) is 9.53 Å². The van der Waals surface area contributed by atoms with Gasteiger partial charge in [0.1, 0.15) is 17.9 Å². The molecular formula is C16H18N2O3. The number of hydrogen-bond donors (Lipinski definition) is 1. The zero-order chi connectivity index (χ0) is 15.5. The number of nitrogens with zero attached hydrogens (tertiary/aromatic N) is 1. The molecule has 0 aliphatic rings. The molecule has 1 aromatic carbocycles. The van der Waals surface area contributed by atoms with Crippen LogP contribution < -0.4 is 5.32 Å². The third-order valence-electron chi connectivity index (χ3n) is 2.75. The van der Waals surface area contributed by atoms with Gasteiger partial charge in [0.05, 0.1) is 11.2 Å². The number of fused-ring (bicyclic) bond motifs is 1. The summed E-state index contributed by atoms with van der Waals surface area (Å²) in [6.07, 6.45) is -0.00402. The Hall–Kier alpha value is -2.43. The highest BCUT2D eigenvalue weighted by Crippen LogP contribution is 2.16. The largest absolute Gasteiger partial charge is 0.444 e. The van der Waals surface area contributed by atoms with E-state index in [1.807, 2.05) is 30.3 Å². The molecule has 1 N–H and O–H groups in total. The molecule has 0 radical (unpaired) electrons. The predicted molar refractivity (Wildman–Crippen MR) is 79.9 cm³/mol. The predicted octanol–water partition coefficient (Wildman–Crippen LogP) is 3.00. The average Bonchev–Trinajstić information content (AvgIpc) is 2.42. The Labute approximate surface area is 123 Å². The van der Waals surface area contributed by atoms with Crippen LogP contribution in [0.25, 0.3) is 10.9 Å². The molecule has 2 aromatic rings. The van der Waals surface area contributed by atoms with Gasteiger partial charge in [-0.05, 0) is 32.9 Å². The molecule has 0 aliphatic heterocycles. The van der Waals surface area contributed by atoms with Gasteiger partial charge in [0.15, 0.2) is 0 Å². The van der Waals surface area contributed by atoms with E-state index in [9.17, 15) is 9.59 Å². The van der Waals surface area contributed by atoms with Gasteiger partial charge in [-0.25, -0.2) is 4.79 Å². The lowest BCUT2D eigenvalue weighted by molar-refractivity contribution is -0.109. The van der Waals surface area contributed by atoms with E-state index in [2.05, 4.69) is 10.3 Å². The molecule has 21 heavy (non-hydrogen) atoms. The lowest BCUT2D eigenvalue weighted by atomic mass is 10.1. The first-order valence-electron chi connectivity index (χ1n) is 6.69. The molecule has 0 fully saturated rings. The van der Waals surface area contributed by atoms with E-state index in [4.69, 9.17) is 4.74 Å². The standard InChI is InChI=1S/C16H18N2O3/c1-16(2,3)21-15(20)18-14(10-19)13-9-8-11-6-4-5-7-12(11)17-13/h4-10,14H,1-3H3,(H,18,20). The minimum absolute atomic E-state index is 0.481. The number of aldehydes is 1. The average molecular weight is 286 g/mol. The summed E-state index contributed by atoms with van der Waals surface area (Å²) in [6.45, 7) is 5.28. The van der Waals surface area contributed by atoms with E-state index in [1.54, 1.807) is 26.8 Å². The number of amides is 1.